The molecule has 0 bridgehead atoms. The fourth-order valence-corrected chi connectivity index (χ4v) is 3.43. The van der Waals surface area contributed by atoms with Crippen molar-refractivity contribution in [2.45, 2.75) is 32.0 Å². The first kappa shape index (κ1) is 13.2. The summed E-state index contributed by atoms with van der Waals surface area (Å²) in [4.78, 5) is 3.87. The monoisotopic (exact) mass is 337 g/mol. The van der Waals surface area contributed by atoms with Crippen LogP contribution in [0.25, 0.3) is 0 Å². The topological polar surface area (TPSA) is 23.5 Å². The van der Waals surface area contributed by atoms with E-state index in [1.807, 2.05) is 17.4 Å². The van der Waals surface area contributed by atoms with E-state index in [1.54, 1.807) is 0 Å². The summed E-state index contributed by atoms with van der Waals surface area (Å²) >= 11 is 5.35. The number of halogens is 1. The van der Waals surface area contributed by atoms with Crippen LogP contribution in [0.1, 0.15) is 23.3 Å². The zero-order valence-electron chi connectivity index (χ0n) is 10.6. The summed E-state index contributed by atoms with van der Waals surface area (Å²) in [7, 11) is 0. The minimum absolute atomic E-state index is 0.0786. The molecule has 1 aliphatic carbocycles. The van der Waals surface area contributed by atoms with E-state index in [0.717, 1.165) is 16.6 Å². The predicted molar refractivity (Wildman–Crippen MR) is 83.6 cm³/mol. The second kappa shape index (κ2) is 5.65. The number of aliphatic hydroxyl groups excluding tert-OH is 1. The summed E-state index contributed by atoms with van der Waals surface area (Å²) in [5.41, 5.74) is 2.18. The Morgan fingerprint density at radius 2 is 2.16 bits per heavy atom. The van der Waals surface area contributed by atoms with Gasteiger partial charge in [0.05, 0.1) is 13.2 Å². The van der Waals surface area contributed by atoms with E-state index in [4.69, 9.17) is 0 Å². The van der Waals surface area contributed by atoms with Crippen LogP contribution in [0.3, 0.4) is 0 Å². The van der Waals surface area contributed by atoms with Gasteiger partial charge in [0.25, 0.3) is 0 Å². The standard InChI is InChI=1S/C15H16BrNOS/c16-15-8-13(4-3-11(15)10-18)17(12-5-6-12)9-14-2-1-7-19-14/h1-4,7-8,12,18H,5-6,9-10H2. The molecule has 0 unspecified atom stereocenters. The van der Waals surface area contributed by atoms with Crippen LogP contribution in [0, 0.1) is 0 Å². The summed E-state index contributed by atoms with van der Waals surface area (Å²) in [6.07, 6.45) is 2.56. The molecule has 2 nitrogen and oxygen atoms in total. The van der Waals surface area contributed by atoms with Gasteiger partial charge in [-0.25, -0.2) is 0 Å². The fraction of sp³-hybridized carbons (Fsp3) is 0.333. The number of rotatable bonds is 5. The molecule has 100 valence electrons. The van der Waals surface area contributed by atoms with Crippen LogP contribution in [-0.4, -0.2) is 11.1 Å². The molecule has 1 aromatic heterocycles. The molecule has 1 aliphatic rings. The average Bonchev–Trinajstić information content (AvgIpc) is 3.13. The highest BCUT2D eigenvalue weighted by atomic mass is 79.9. The van der Waals surface area contributed by atoms with E-state index in [-0.39, 0.29) is 6.61 Å². The first-order valence-corrected chi connectivity index (χ1v) is 8.13. The van der Waals surface area contributed by atoms with Gasteiger partial charge in [-0.15, -0.1) is 11.3 Å². The summed E-state index contributed by atoms with van der Waals surface area (Å²) in [6.45, 7) is 1.06. The van der Waals surface area contributed by atoms with Crippen LogP contribution in [0.5, 0.6) is 0 Å². The van der Waals surface area contributed by atoms with Crippen LogP contribution < -0.4 is 4.90 Å². The molecule has 0 atom stereocenters. The van der Waals surface area contributed by atoms with Gasteiger partial charge in [0.2, 0.25) is 0 Å². The number of nitrogens with zero attached hydrogens (tertiary/aromatic N) is 1. The Hall–Kier alpha value is -0.840. The second-order valence-corrected chi connectivity index (χ2v) is 6.76. The Kier molecular flexibility index (Phi) is 3.91. The molecule has 1 aromatic carbocycles. The van der Waals surface area contributed by atoms with Crippen LogP contribution in [0.15, 0.2) is 40.2 Å². The number of hydrogen-bond donors (Lipinski definition) is 1. The maximum atomic E-state index is 9.23. The van der Waals surface area contributed by atoms with Gasteiger partial charge in [-0.1, -0.05) is 28.1 Å². The molecule has 0 saturated heterocycles. The van der Waals surface area contributed by atoms with Gasteiger partial charge in [0.15, 0.2) is 0 Å². The van der Waals surface area contributed by atoms with E-state index in [9.17, 15) is 5.11 Å². The molecule has 0 spiro atoms. The number of hydrogen-bond acceptors (Lipinski definition) is 3. The van der Waals surface area contributed by atoms with E-state index in [1.165, 1.54) is 23.4 Å². The highest BCUT2D eigenvalue weighted by Gasteiger charge is 2.29. The lowest BCUT2D eigenvalue weighted by Gasteiger charge is -2.24. The molecule has 1 saturated carbocycles. The molecule has 2 aromatic rings. The first-order valence-electron chi connectivity index (χ1n) is 6.46. The van der Waals surface area contributed by atoms with Crippen molar-refractivity contribution < 1.29 is 5.11 Å². The second-order valence-electron chi connectivity index (χ2n) is 4.87. The molecule has 0 aliphatic heterocycles. The molecular weight excluding hydrogens is 322 g/mol. The van der Waals surface area contributed by atoms with Crippen LogP contribution >= 0.6 is 27.3 Å². The van der Waals surface area contributed by atoms with Crippen LogP contribution in [0.2, 0.25) is 0 Å². The van der Waals surface area contributed by atoms with E-state index < -0.39 is 0 Å². The van der Waals surface area contributed by atoms with Crippen LogP contribution in [-0.2, 0) is 13.2 Å². The Bertz CT molecular complexity index is 551. The normalized spacial score (nSPS) is 14.6. The zero-order chi connectivity index (χ0) is 13.2. The third-order valence-corrected chi connectivity index (χ3v) is 5.03. The van der Waals surface area contributed by atoms with Crippen molar-refractivity contribution in [2.24, 2.45) is 0 Å². The van der Waals surface area contributed by atoms with Crippen molar-refractivity contribution in [1.82, 2.24) is 0 Å². The third kappa shape index (κ3) is 3.02. The number of benzene rings is 1. The highest BCUT2D eigenvalue weighted by molar-refractivity contribution is 9.10. The number of anilines is 1. The minimum Gasteiger partial charge on any atom is -0.392 e. The Balaban J connectivity index is 1.85. The van der Waals surface area contributed by atoms with Gasteiger partial charge in [0.1, 0.15) is 0 Å². The Morgan fingerprint density at radius 1 is 1.32 bits per heavy atom. The van der Waals surface area contributed by atoms with Crippen LogP contribution in [0.4, 0.5) is 5.69 Å². The molecule has 0 radical (unpaired) electrons. The number of thiophene rings is 1. The Labute approximate surface area is 125 Å². The maximum Gasteiger partial charge on any atom is 0.0692 e. The quantitative estimate of drug-likeness (QED) is 0.884. The lowest BCUT2D eigenvalue weighted by Crippen LogP contribution is -2.24. The van der Waals surface area contributed by atoms with Crippen molar-refractivity contribution in [3.05, 3.63) is 50.6 Å². The van der Waals surface area contributed by atoms with Gasteiger partial charge in [-0.2, -0.15) is 0 Å². The van der Waals surface area contributed by atoms with Gasteiger partial charge >= 0.3 is 0 Å². The van der Waals surface area contributed by atoms with Crippen molar-refractivity contribution in [1.29, 1.82) is 0 Å². The zero-order valence-corrected chi connectivity index (χ0v) is 13.0. The lowest BCUT2D eigenvalue weighted by atomic mass is 10.2. The molecule has 1 heterocycles. The first-order chi connectivity index (χ1) is 9.28. The SMILES string of the molecule is OCc1ccc(N(Cc2cccs2)C2CC2)cc1Br. The molecule has 19 heavy (non-hydrogen) atoms. The van der Waals surface area contributed by atoms with E-state index in [0.29, 0.717) is 6.04 Å². The lowest BCUT2D eigenvalue weighted by molar-refractivity contribution is 0.281. The molecule has 1 fully saturated rings. The summed E-state index contributed by atoms with van der Waals surface area (Å²) in [6, 6.07) is 11.2. The van der Waals surface area contributed by atoms with E-state index in [2.05, 4.69) is 50.5 Å². The van der Waals surface area contributed by atoms with Crippen molar-refractivity contribution >= 4 is 33.0 Å². The molecule has 0 amide bonds. The van der Waals surface area contributed by atoms with Gasteiger partial charge in [0, 0.05) is 21.1 Å². The summed E-state index contributed by atoms with van der Waals surface area (Å²) < 4.78 is 0.990. The van der Waals surface area contributed by atoms with Gasteiger partial charge in [-0.3, -0.25) is 0 Å². The molecule has 1 N–H and O–H groups in total. The maximum absolute atomic E-state index is 9.23. The fourth-order valence-electron chi connectivity index (χ4n) is 2.23. The van der Waals surface area contributed by atoms with Crippen molar-refractivity contribution in [2.75, 3.05) is 4.90 Å². The summed E-state index contributed by atoms with van der Waals surface area (Å²) in [5, 5.41) is 11.4. The van der Waals surface area contributed by atoms with Gasteiger partial charge < -0.3 is 10.0 Å². The minimum atomic E-state index is 0.0786. The van der Waals surface area contributed by atoms with Gasteiger partial charge in [-0.05, 0) is 42.0 Å². The summed E-state index contributed by atoms with van der Waals surface area (Å²) in [5.74, 6) is 0. The predicted octanol–water partition coefficient (Wildman–Crippen LogP) is 4.17. The largest absolute Gasteiger partial charge is 0.392 e. The third-order valence-electron chi connectivity index (χ3n) is 3.43. The molecular formula is C15H16BrNOS. The van der Waals surface area contributed by atoms with E-state index >= 15 is 0 Å². The molecule has 3 rings (SSSR count). The van der Waals surface area contributed by atoms with Crippen molar-refractivity contribution in [3.8, 4) is 0 Å². The average molecular weight is 338 g/mol. The van der Waals surface area contributed by atoms with Crippen molar-refractivity contribution in [3.63, 3.8) is 0 Å². The smallest absolute Gasteiger partial charge is 0.0692 e. The highest BCUT2D eigenvalue weighted by Crippen LogP contribution is 2.35. The Morgan fingerprint density at radius 3 is 2.74 bits per heavy atom. The molecule has 4 heteroatoms. The number of aliphatic hydroxyl groups is 1.